The van der Waals surface area contributed by atoms with Crippen molar-refractivity contribution in [3.63, 3.8) is 0 Å². The lowest BCUT2D eigenvalue weighted by Crippen LogP contribution is -1.99. The molecule has 2 nitrogen and oxygen atoms in total. The standard InChI is InChI=1S/C15H17NO/c1-11-7-12(2)9-15(8-11)17-10-14-6-4-5-13(3)16-14/h4-9H,10H2,1-3H3. The number of nitrogens with zero attached hydrogens (tertiary/aromatic N) is 1. The Labute approximate surface area is 102 Å². The van der Waals surface area contributed by atoms with Crippen molar-refractivity contribution in [2.45, 2.75) is 27.4 Å². The highest BCUT2D eigenvalue weighted by atomic mass is 16.5. The molecular weight excluding hydrogens is 210 g/mol. The van der Waals surface area contributed by atoms with Crippen molar-refractivity contribution >= 4 is 0 Å². The van der Waals surface area contributed by atoms with Crippen molar-refractivity contribution < 1.29 is 4.74 Å². The Balaban J connectivity index is 2.07. The Bertz CT molecular complexity index is 500. The molecule has 0 atom stereocenters. The van der Waals surface area contributed by atoms with E-state index in [-0.39, 0.29) is 0 Å². The van der Waals surface area contributed by atoms with Crippen LogP contribution in [0.4, 0.5) is 0 Å². The minimum atomic E-state index is 0.518. The van der Waals surface area contributed by atoms with Crippen LogP contribution in [0.1, 0.15) is 22.5 Å². The molecule has 0 N–H and O–H groups in total. The molecule has 0 saturated heterocycles. The van der Waals surface area contributed by atoms with E-state index in [1.165, 1.54) is 11.1 Å². The highest BCUT2D eigenvalue weighted by molar-refractivity contribution is 5.33. The molecule has 0 aliphatic heterocycles. The van der Waals surface area contributed by atoms with Gasteiger partial charge in [-0.1, -0.05) is 12.1 Å². The molecule has 2 rings (SSSR count). The summed E-state index contributed by atoms with van der Waals surface area (Å²) in [6.45, 7) is 6.65. The van der Waals surface area contributed by atoms with Gasteiger partial charge in [0, 0.05) is 5.69 Å². The zero-order chi connectivity index (χ0) is 12.3. The molecule has 0 saturated carbocycles. The van der Waals surface area contributed by atoms with Gasteiger partial charge in [-0.15, -0.1) is 0 Å². The van der Waals surface area contributed by atoms with Gasteiger partial charge in [0.15, 0.2) is 0 Å². The maximum absolute atomic E-state index is 5.75. The van der Waals surface area contributed by atoms with Crippen LogP contribution in [0.5, 0.6) is 5.75 Å². The first-order valence-electron chi connectivity index (χ1n) is 5.77. The Morgan fingerprint density at radius 2 is 1.71 bits per heavy atom. The van der Waals surface area contributed by atoms with Crippen LogP contribution < -0.4 is 4.74 Å². The van der Waals surface area contributed by atoms with Crippen LogP contribution in [0.15, 0.2) is 36.4 Å². The number of aryl methyl sites for hydroxylation is 3. The van der Waals surface area contributed by atoms with Crippen LogP contribution in [0, 0.1) is 20.8 Å². The Hall–Kier alpha value is -1.83. The lowest BCUT2D eigenvalue weighted by atomic mass is 10.1. The Morgan fingerprint density at radius 1 is 1.00 bits per heavy atom. The third-order valence-corrected chi connectivity index (χ3v) is 2.53. The van der Waals surface area contributed by atoms with E-state index < -0.39 is 0 Å². The van der Waals surface area contributed by atoms with E-state index >= 15 is 0 Å². The number of benzene rings is 1. The fraction of sp³-hybridized carbons (Fsp3) is 0.267. The van der Waals surface area contributed by atoms with Gasteiger partial charge in [0.1, 0.15) is 12.4 Å². The number of hydrogen-bond donors (Lipinski definition) is 0. The predicted octanol–water partition coefficient (Wildman–Crippen LogP) is 3.59. The first-order chi connectivity index (χ1) is 8.13. The first kappa shape index (κ1) is 11.6. The summed E-state index contributed by atoms with van der Waals surface area (Å²) in [5.74, 6) is 0.908. The minimum Gasteiger partial charge on any atom is -0.487 e. The normalized spacial score (nSPS) is 10.3. The summed E-state index contributed by atoms with van der Waals surface area (Å²) in [6, 6.07) is 12.2. The van der Waals surface area contributed by atoms with Gasteiger partial charge < -0.3 is 4.74 Å². The molecule has 1 heterocycles. The molecule has 0 bridgehead atoms. The Morgan fingerprint density at radius 3 is 2.35 bits per heavy atom. The van der Waals surface area contributed by atoms with Crippen molar-refractivity contribution in [2.24, 2.45) is 0 Å². The molecule has 2 heteroatoms. The number of pyridine rings is 1. The van der Waals surface area contributed by atoms with Crippen LogP contribution in [0.2, 0.25) is 0 Å². The molecule has 0 aliphatic rings. The van der Waals surface area contributed by atoms with Gasteiger partial charge in [0.05, 0.1) is 5.69 Å². The molecule has 0 radical (unpaired) electrons. The minimum absolute atomic E-state index is 0.518. The lowest BCUT2D eigenvalue weighted by Gasteiger charge is -2.08. The van der Waals surface area contributed by atoms with Crippen LogP contribution in [0.3, 0.4) is 0 Å². The van der Waals surface area contributed by atoms with Gasteiger partial charge in [-0.25, -0.2) is 0 Å². The second-order valence-corrected chi connectivity index (χ2v) is 4.38. The molecule has 17 heavy (non-hydrogen) atoms. The molecule has 0 fully saturated rings. The summed E-state index contributed by atoms with van der Waals surface area (Å²) in [6.07, 6.45) is 0. The first-order valence-corrected chi connectivity index (χ1v) is 5.77. The quantitative estimate of drug-likeness (QED) is 0.799. The van der Waals surface area contributed by atoms with Gasteiger partial charge in [0.2, 0.25) is 0 Å². The SMILES string of the molecule is Cc1cc(C)cc(OCc2cccc(C)n2)c1. The van der Waals surface area contributed by atoms with Crippen molar-refractivity contribution in [2.75, 3.05) is 0 Å². The van der Waals surface area contributed by atoms with Crippen molar-refractivity contribution in [3.05, 3.63) is 58.9 Å². The third kappa shape index (κ3) is 3.31. The van der Waals surface area contributed by atoms with E-state index in [1.54, 1.807) is 0 Å². The summed E-state index contributed by atoms with van der Waals surface area (Å²) in [4.78, 5) is 4.41. The summed E-state index contributed by atoms with van der Waals surface area (Å²) < 4.78 is 5.75. The van der Waals surface area contributed by atoms with Crippen molar-refractivity contribution in [1.29, 1.82) is 0 Å². The zero-order valence-corrected chi connectivity index (χ0v) is 10.5. The summed E-state index contributed by atoms with van der Waals surface area (Å²) >= 11 is 0. The maximum atomic E-state index is 5.75. The molecule has 88 valence electrons. The number of ether oxygens (including phenoxy) is 1. The largest absolute Gasteiger partial charge is 0.487 e. The molecule has 0 aliphatic carbocycles. The number of hydrogen-bond acceptors (Lipinski definition) is 2. The van der Waals surface area contributed by atoms with Gasteiger partial charge in [-0.3, -0.25) is 4.98 Å². The summed E-state index contributed by atoms with van der Waals surface area (Å²) in [5, 5.41) is 0. The van der Waals surface area contributed by atoms with Crippen LogP contribution in [-0.4, -0.2) is 4.98 Å². The predicted molar refractivity (Wildman–Crippen MR) is 69.2 cm³/mol. The molecule has 0 unspecified atom stereocenters. The van der Waals surface area contributed by atoms with Gasteiger partial charge in [-0.2, -0.15) is 0 Å². The van der Waals surface area contributed by atoms with Crippen LogP contribution >= 0.6 is 0 Å². The molecule has 2 aromatic rings. The zero-order valence-electron chi connectivity index (χ0n) is 10.5. The van der Waals surface area contributed by atoms with E-state index in [1.807, 2.05) is 37.3 Å². The highest BCUT2D eigenvalue weighted by Crippen LogP contribution is 2.17. The van der Waals surface area contributed by atoms with Crippen molar-refractivity contribution in [3.8, 4) is 5.75 Å². The topological polar surface area (TPSA) is 22.1 Å². The van der Waals surface area contributed by atoms with Crippen LogP contribution in [0.25, 0.3) is 0 Å². The second-order valence-electron chi connectivity index (χ2n) is 4.38. The number of aromatic nitrogens is 1. The van der Waals surface area contributed by atoms with Crippen molar-refractivity contribution in [1.82, 2.24) is 4.98 Å². The van der Waals surface area contributed by atoms with Gasteiger partial charge >= 0.3 is 0 Å². The summed E-state index contributed by atoms with van der Waals surface area (Å²) in [7, 11) is 0. The number of rotatable bonds is 3. The lowest BCUT2D eigenvalue weighted by molar-refractivity contribution is 0.300. The Kier molecular flexibility index (Phi) is 3.43. The molecule has 1 aromatic carbocycles. The molecule has 1 aromatic heterocycles. The van der Waals surface area contributed by atoms with E-state index in [4.69, 9.17) is 4.74 Å². The molecule has 0 spiro atoms. The second kappa shape index (κ2) is 5.00. The molecule has 0 amide bonds. The monoisotopic (exact) mass is 227 g/mol. The van der Waals surface area contributed by atoms with Crippen LogP contribution in [-0.2, 0) is 6.61 Å². The third-order valence-electron chi connectivity index (χ3n) is 2.53. The molecular formula is C15H17NO. The van der Waals surface area contributed by atoms with E-state index in [2.05, 4.69) is 24.9 Å². The van der Waals surface area contributed by atoms with E-state index in [0.717, 1.165) is 17.1 Å². The van der Waals surface area contributed by atoms with Gasteiger partial charge in [-0.05, 0) is 56.2 Å². The summed E-state index contributed by atoms with van der Waals surface area (Å²) in [5.41, 5.74) is 4.42. The van der Waals surface area contributed by atoms with E-state index in [0.29, 0.717) is 6.61 Å². The highest BCUT2D eigenvalue weighted by Gasteiger charge is 1.99. The fourth-order valence-corrected chi connectivity index (χ4v) is 1.85. The maximum Gasteiger partial charge on any atom is 0.130 e. The average molecular weight is 227 g/mol. The average Bonchev–Trinajstić information content (AvgIpc) is 2.25. The fourth-order valence-electron chi connectivity index (χ4n) is 1.85. The van der Waals surface area contributed by atoms with E-state index in [9.17, 15) is 0 Å². The van der Waals surface area contributed by atoms with Gasteiger partial charge in [0.25, 0.3) is 0 Å². The smallest absolute Gasteiger partial charge is 0.130 e.